The van der Waals surface area contributed by atoms with Gasteiger partial charge in [-0.15, -0.1) is 0 Å². The van der Waals surface area contributed by atoms with Gasteiger partial charge in [0, 0.05) is 5.69 Å². The molecule has 2 fully saturated rings. The summed E-state index contributed by atoms with van der Waals surface area (Å²) in [5.74, 6) is -0.360. The Morgan fingerprint density at radius 2 is 2.18 bits per heavy atom. The highest BCUT2D eigenvalue weighted by Crippen LogP contribution is 2.64. The Labute approximate surface area is 99.2 Å². The molecule has 3 N–H and O–H groups in total. The van der Waals surface area contributed by atoms with Gasteiger partial charge in [-0.25, -0.2) is 0 Å². The molecule has 2 aliphatic rings. The minimum Gasteiger partial charge on any atom is -0.399 e. The van der Waals surface area contributed by atoms with Gasteiger partial charge in [-0.3, -0.25) is 14.9 Å². The highest BCUT2D eigenvalue weighted by Gasteiger charge is 2.76. The van der Waals surface area contributed by atoms with Crippen molar-refractivity contribution in [2.24, 2.45) is 11.8 Å². The van der Waals surface area contributed by atoms with E-state index in [1.807, 2.05) is 19.1 Å². The third kappa shape index (κ3) is 1.07. The van der Waals surface area contributed by atoms with E-state index in [2.05, 4.69) is 5.32 Å². The van der Waals surface area contributed by atoms with E-state index >= 15 is 0 Å². The third-order valence-electron chi connectivity index (χ3n) is 4.07. The maximum Gasteiger partial charge on any atom is 0.238 e. The molecule has 3 atom stereocenters. The molecule has 88 valence electrons. The van der Waals surface area contributed by atoms with Gasteiger partial charge >= 0.3 is 0 Å². The summed E-state index contributed by atoms with van der Waals surface area (Å²) in [7, 11) is 0. The number of amides is 2. The Bertz CT molecular complexity index is 526. The van der Waals surface area contributed by atoms with Crippen molar-refractivity contribution in [3.8, 4) is 0 Å². The van der Waals surface area contributed by atoms with Crippen LogP contribution < -0.4 is 11.1 Å². The van der Waals surface area contributed by atoms with Crippen LogP contribution in [0.1, 0.15) is 18.9 Å². The van der Waals surface area contributed by atoms with Crippen molar-refractivity contribution in [2.45, 2.75) is 18.8 Å². The molecule has 0 aromatic heterocycles. The molecule has 1 saturated heterocycles. The maximum atomic E-state index is 12.1. The molecule has 0 radical (unpaired) electrons. The second kappa shape index (κ2) is 3.09. The van der Waals surface area contributed by atoms with E-state index < -0.39 is 5.41 Å². The Balaban J connectivity index is 2.12. The number of fused-ring (bicyclic) bond motifs is 1. The van der Waals surface area contributed by atoms with E-state index in [1.54, 1.807) is 12.1 Å². The van der Waals surface area contributed by atoms with Gasteiger partial charge < -0.3 is 5.73 Å². The number of hydrogen-bond donors (Lipinski definition) is 2. The Morgan fingerprint density at radius 1 is 1.41 bits per heavy atom. The number of benzene rings is 1. The average molecular weight is 230 g/mol. The van der Waals surface area contributed by atoms with E-state index in [4.69, 9.17) is 5.73 Å². The van der Waals surface area contributed by atoms with Crippen molar-refractivity contribution in [1.29, 1.82) is 0 Å². The zero-order chi connectivity index (χ0) is 12.2. The summed E-state index contributed by atoms with van der Waals surface area (Å²) < 4.78 is 0. The number of rotatable bonds is 2. The predicted octanol–water partition coefficient (Wildman–Crippen LogP) is 0.819. The summed E-state index contributed by atoms with van der Waals surface area (Å²) in [6.45, 7) is 2.01. The molecule has 17 heavy (non-hydrogen) atoms. The molecule has 0 spiro atoms. The molecular formula is C13H14N2O2. The van der Waals surface area contributed by atoms with E-state index in [1.165, 1.54) is 0 Å². The number of piperidine rings is 1. The zero-order valence-electron chi connectivity index (χ0n) is 9.57. The first-order chi connectivity index (χ1) is 8.12. The maximum absolute atomic E-state index is 12.1. The zero-order valence-corrected chi connectivity index (χ0v) is 9.57. The van der Waals surface area contributed by atoms with Crippen molar-refractivity contribution < 1.29 is 9.59 Å². The van der Waals surface area contributed by atoms with Crippen LogP contribution in [0.5, 0.6) is 0 Å². The van der Waals surface area contributed by atoms with E-state index in [0.717, 1.165) is 12.0 Å². The molecule has 0 bridgehead atoms. The lowest BCUT2D eigenvalue weighted by Gasteiger charge is -2.13. The number of hydrogen-bond acceptors (Lipinski definition) is 3. The van der Waals surface area contributed by atoms with Crippen molar-refractivity contribution in [1.82, 2.24) is 5.32 Å². The predicted molar refractivity (Wildman–Crippen MR) is 63.0 cm³/mol. The average Bonchev–Trinajstić information content (AvgIpc) is 2.91. The Morgan fingerprint density at radius 3 is 2.76 bits per heavy atom. The van der Waals surface area contributed by atoms with Gasteiger partial charge in [0.15, 0.2) is 0 Å². The SMILES string of the molecule is CCC1C2C(=O)NC(=O)C12c1cccc(N)c1. The number of nitrogens with one attached hydrogen (secondary N) is 1. The van der Waals surface area contributed by atoms with Gasteiger partial charge in [-0.2, -0.15) is 0 Å². The fraction of sp³-hybridized carbons (Fsp3) is 0.385. The monoisotopic (exact) mass is 230 g/mol. The van der Waals surface area contributed by atoms with Crippen LogP contribution in [0, 0.1) is 11.8 Å². The van der Waals surface area contributed by atoms with Crippen LogP contribution in [0.2, 0.25) is 0 Å². The van der Waals surface area contributed by atoms with E-state index in [-0.39, 0.29) is 23.7 Å². The summed E-state index contributed by atoms with van der Waals surface area (Å²) in [5, 5.41) is 2.42. The first-order valence-electron chi connectivity index (χ1n) is 5.83. The minimum absolute atomic E-state index is 0.130. The van der Waals surface area contributed by atoms with Crippen LogP contribution in [0.25, 0.3) is 0 Å². The molecule has 1 aliphatic carbocycles. The van der Waals surface area contributed by atoms with Crippen molar-refractivity contribution in [3.63, 3.8) is 0 Å². The number of nitrogens with two attached hydrogens (primary N) is 1. The quantitative estimate of drug-likeness (QED) is 0.583. The molecule has 1 saturated carbocycles. The normalized spacial score (nSPS) is 34.4. The minimum atomic E-state index is -0.638. The summed E-state index contributed by atoms with van der Waals surface area (Å²) in [6.07, 6.45) is 0.832. The van der Waals surface area contributed by atoms with Gasteiger partial charge in [0.25, 0.3) is 0 Å². The van der Waals surface area contributed by atoms with Gasteiger partial charge in [-0.1, -0.05) is 25.5 Å². The van der Waals surface area contributed by atoms with Crippen LogP contribution in [0.3, 0.4) is 0 Å². The van der Waals surface area contributed by atoms with Gasteiger partial charge in [0.2, 0.25) is 11.8 Å². The number of imide groups is 1. The summed E-state index contributed by atoms with van der Waals surface area (Å²) in [4.78, 5) is 23.8. The van der Waals surface area contributed by atoms with Crippen molar-refractivity contribution in [2.75, 3.05) is 5.73 Å². The highest BCUT2D eigenvalue weighted by molar-refractivity contribution is 6.15. The molecule has 3 unspecified atom stereocenters. The molecule has 3 rings (SSSR count). The van der Waals surface area contributed by atoms with Gasteiger partial charge in [-0.05, 0) is 23.6 Å². The van der Waals surface area contributed by atoms with E-state index in [9.17, 15) is 9.59 Å². The van der Waals surface area contributed by atoms with Crippen molar-refractivity contribution >= 4 is 17.5 Å². The van der Waals surface area contributed by atoms with Crippen LogP contribution in [-0.4, -0.2) is 11.8 Å². The molecule has 4 nitrogen and oxygen atoms in total. The molecule has 1 heterocycles. The largest absolute Gasteiger partial charge is 0.399 e. The summed E-state index contributed by atoms with van der Waals surface area (Å²) in [5.41, 5.74) is 6.62. The Hall–Kier alpha value is -1.84. The Kier molecular flexibility index (Phi) is 1.88. The lowest BCUT2D eigenvalue weighted by atomic mass is 9.91. The summed E-state index contributed by atoms with van der Waals surface area (Å²) in [6, 6.07) is 7.31. The fourth-order valence-electron chi connectivity index (χ4n) is 3.33. The number of carbonyl (C=O) groups is 2. The molecule has 1 aromatic rings. The summed E-state index contributed by atoms with van der Waals surface area (Å²) >= 11 is 0. The van der Waals surface area contributed by atoms with Crippen molar-refractivity contribution in [3.05, 3.63) is 29.8 Å². The second-order valence-electron chi connectivity index (χ2n) is 4.81. The molecule has 1 aromatic carbocycles. The fourth-order valence-corrected chi connectivity index (χ4v) is 3.33. The molecule has 2 amide bonds. The topological polar surface area (TPSA) is 72.2 Å². The van der Waals surface area contributed by atoms with Gasteiger partial charge in [0.05, 0.1) is 11.3 Å². The number of nitrogen functional groups attached to an aromatic ring is 1. The highest BCUT2D eigenvalue weighted by atomic mass is 16.2. The standard InChI is InChI=1S/C13H14N2O2/c1-2-9-10-11(16)15-12(17)13(9,10)7-4-3-5-8(14)6-7/h3-6,9-10H,2,14H2,1H3,(H,15,16,17). The van der Waals surface area contributed by atoms with E-state index in [0.29, 0.717) is 5.69 Å². The van der Waals surface area contributed by atoms with Crippen LogP contribution in [-0.2, 0) is 15.0 Å². The first-order valence-corrected chi connectivity index (χ1v) is 5.83. The first kappa shape index (κ1) is 10.3. The van der Waals surface area contributed by atoms with Crippen LogP contribution in [0.15, 0.2) is 24.3 Å². The molecule has 1 aliphatic heterocycles. The lowest BCUT2D eigenvalue weighted by Crippen LogP contribution is -2.33. The smallest absolute Gasteiger partial charge is 0.238 e. The molecular weight excluding hydrogens is 216 g/mol. The number of carbonyl (C=O) groups excluding carboxylic acids is 2. The second-order valence-corrected chi connectivity index (χ2v) is 4.81. The number of anilines is 1. The lowest BCUT2D eigenvalue weighted by molar-refractivity contribution is -0.128. The van der Waals surface area contributed by atoms with Gasteiger partial charge in [0.1, 0.15) is 0 Å². The molecule has 4 heteroatoms. The van der Waals surface area contributed by atoms with Crippen LogP contribution >= 0.6 is 0 Å². The third-order valence-corrected chi connectivity index (χ3v) is 4.07. The van der Waals surface area contributed by atoms with Crippen LogP contribution in [0.4, 0.5) is 5.69 Å².